The molecule has 132 valence electrons. The molecule has 0 atom stereocenters. The van der Waals surface area contributed by atoms with Gasteiger partial charge in [-0.15, -0.1) is 11.3 Å². The fourth-order valence-corrected chi connectivity index (χ4v) is 2.87. The van der Waals surface area contributed by atoms with E-state index in [4.69, 9.17) is 4.74 Å². The van der Waals surface area contributed by atoms with Gasteiger partial charge in [0.05, 0.1) is 11.4 Å². The SMILES string of the molecule is Cc1cc(NC(=O)COC(=O)C=Cc2cccs2)n(-c2ccccc2)n1. The number of anilines is 1. The third-order valence-corrected chi connectivity index (χ3v) is 4.21. The number of nitrogens with one attached hydrogen (secondary N) is 1. The Bertz CT molecular complexity index is 915. The molecule has 6 nitrogen and oxygen atoms in total. The van der Waals surface area contributed by atoms with E-state index in [0.717, 1.165) is 16.3 Å². The zero-order valence-electron chi connectivity index (χ0n) is 14.1. The summed E-state index contributed by atoms with van der Waals surface area (Å²) >= 11 is 1.51. The highest BCUT2D eigenvalue weighted by molar-refractivity contribution is 7.10. The highest BCUT2D eigenvalue weighted by atomic mass is 32.1. The van der Waals surface area contributed by atoms with Crippen LogP contribution in [0.4, 0.5) is 5.82 Å². The van der Waals surface area contributed by atoms with Crippen LogP contribution in [0.1, 0.15) is 10.6 Å². The number of hydrogen-bond acceptors (Lipinski definition) is 5. The molecule has 0 aliphatic heterocycles. The molecule has 3 rings (SSSR count). The van der Waals surface area contributed by atoms with Crippen molar-refractivity contribution in [2.24, 2.45) is 0 Å². The van der Waals surface area contributed by atoms with Crippen LogP contribution in [0.2, 0.25) is 0 Å². The van der Waals surface area contributed by atoms with Gasteiger partial charge in [-0.1, -0.05) is 24.3 Å². The third kappa shape index (κ3) is 4.67. The van der Waals surface area contributed by atoms with Crippen molar-refractivity contribution in [1.82, 2.24) is 9.78 Å². The lowest BCUT2D eigenvalue weighted by Crippen LogP contribution is -2.21. The lowest BCUT2D eigenvalue weighted by atomic mass is 10.3. The van der Waals surface area contributed by atoms with Gasteiger partial charge < -0.3 is 10.1 Å². The number of benzene rings is 1. The minimum atomic E-state index is -0.568. The lowest BCUT2D eigenvalue weighted by Gasteiger charge is -2.08. The molecule has 0 saturated heterocycles. The molecule has 3 aromatic rings. The number of thiophene rings is 1. The molecule has 0 aliphatic carbocycles. The summed E-state index contributed by atoms with van der Waals surface area (Å²) in [5.41, 5.74) is 1.59. The maximum absolute atomic E-state index is 12.1. The van der Waals surface area contributed by atoms with Crippen LogP contribution in [-0.2, 0) is 14.3 Å². The molecular weight excluding hydrogens is 350 g/mol. The van der Waals surface area contributed by atoms with Gasteiger partial charge in [-0.3, -0.25) is 4.79 Å². The molecule has 7 heteroatoms. The van der Waals surface area contributed by atoms with Gasteiger partial charge in [-0.05, 0) is 36.6 Å². The molecule has 0 fully saturated rings. The summed E-state index contributed by atoms with van der Waals surface area (Å²) in [7, 11) is 0. The first-order valence-corrected chi connectivity index (χ1v) is 8.80. The molecule has 0 saturated carbocycles. The van der Waals surface area contributed by atoms with Crippen LogP contribution in [0.25, 0.3) is 11.8 Å². The van der Waals surface area contributed by atoms with Gasteiger partial charge in [0.25, 0.3) is 5.91 Å². The molecule has 0 radical (unpaired) electrons. The third-order valence-electron chi connectivity index (χ3n) is 3.37. The number of carbonyl (C=O) groups excluding carboxylic acids is 2. The van der Waals surface area contributed by atoms with Gasteiger partial charge in [0.2, 0.25) is 0 Å². The summed E-state index contributed by atoms with van der Waals surface area (Å²) in [6, 6.07) is 15.0. The van der Waals surface area contributed by atoms with Gasteiger partial charge >= 0.3 is 5.97 Å². The largest absolute Gasteiger partial charge is 0.452 e. The number of para-hydroxylation sites is 1. The summed E-state index contributed by atoms with van der Waals surface area (Å²) in [6.45, 7) is 1.47. The van der Waals surface area contributed by atoms with Crippen LogP contribution in [0, 0.1) is 6.92 Å². The van der Waals surface area contributed by atoms with Gasteiger partial charge in [-0.2, -0.15) is 5.10 Å². The smallest absolute Gasteiger partial charge is 0.331 e. The van der Waals surface area contributed by atoms with Gasteiger partial charge in [0.1, 0.15) is 5.82 Å². The minimum Gasteiger partial charge on any atom is -0.452 e. The first kappa shape index (κ1) is 17.6. The van der Waals surface area contributed by atoms with Crippen LogP contribution >= 0.6 is 11.3 Å². The van der Waals surface area contributed by atoms with E-state index in [-0.39, 0.29) is 6.61 Å². The average Bonchev–Trinajstić information content (AvgIpc) is 3.28. The van der Waals surface area contributed by atoms with E-state index in [2.05, 4.69) is 10.4 Å². The standard InChI is InChI=1S/C19H17N3O3S/c1-14-12-17(22(21-14)15-6-3-2-4-7-15)20-18(23)13-25-19(24)10-9-16-8-5-11-26-16/h2-12H,13H2,1H3,(H,20,23). The fraction of sp³-hybridized carbons (Fsp3) is 0.105. The molecule has 0 bridgehead atoms. The molecule has 0 spiro atoms. The van der Waals surface area contributed by atoms with Crippen molar-refractivity contribution < 1.29 is 14.3 Å². The maximum Gasteiger partial charge on any atom is 0.331 e. The van der Waals surface area contributed by atoms with Crippen LogP contribution in [0.3, 0.4) is 0 Å². The zero-order valence-corrected chi connectivity index (χ0v) is 14.9. The Kier molecular flexibility index (Phi) is 5.60. The van der Waals surface area contributed by atoms with E-state index in [9.17, 15) is 9.59 Å². The number of esters is 1. The molecule has 26 heavy (non-hydrogen) atoms. The molecule has 0 unspecified atom stereocenters. The Labute approximate surface area is 154 Å². The number of nitrogens with zero attached hydrogens (tertiary/aromatic N) is 2. The highest BCUT2D eigenvalue weighted by Crippen LogP contribution is 2.16. The highest BCUT2D eigenvalue weighted by Gasteiger charge is 2.12. The lowest BCUT2D eigenvalue weighted by molar-refractivity contribution is -0.142. The van der Waals surface area contributed by atoms with Crippen molar-refractivity contribution in [1.29, 1.82) is 0 Å². The van der Waals surface area contributed by atoms with Crippen molar-refractivity contribution in [3.8, 4) is 5.69 Å². The van der Waals surface area contributed by atoms with E-state index < -0.39 is 11.9 Å². The minimum absolute atomic E-state index is 0.368. The number of aromatic nitrogens is 2. The quantitative estimate of drug-likeness (QED) is 0.535. The number of hydrogen-bond donors (Lipinski definition) is 1. The summed E-state index contributed by atoms with van der Waals surface area (Å²) in [5.74, 6) is -0.481. The van der Waals surface area contributed by atoms with Crippen molar-refractivity contribution in [3.63, 3.8) is 0 Å². The number of carbonyl (C=O) groups is 2. The molecular formula is C19H17N3O3S. The number of amides is 1. The van der Waals surface area contributed by atoms with E-state index in [1.165, 1.54) is 17.4 Å². The van der Waals surface area contributed by atoms with Crippen molar-refractivity contribution in [2.45, 2.75) is 6.92 Å². The summed E-state index contributed by atoms with van der Waals surface area (Å²) in [5, 5.41) is 9.00. The normalized spacial score (nSPS) is 10.8. The second kappa shape index (κ2) is 8.26. The van der Waals surface area contributed by atoms with Crippen LogP contribution in [-0.4, -0.2) is 28.3 Å². The van der Waals surface area contributed by atoms with Crippen LogP contribution < -0.4 is 5.32 Å². The van der Waals surface area contributed by atoms with E-state index >= 15 is 0 Å². The maximum atomic E-state index is 12.1. The predicted octanol–water partition coefficient (Wildman–Crippen LogP) is 3.44. The topological polar surface area (TPSA) is 73.2 Å². The Morgan fingerprint density at radius 3 is 2.77 bits per heavy atom. The molecule has 2 heterocycles. The molecule has 1 N–H and O–H groups in total. The fourth-order valence-electron chi connectivity index (χ4n) is 2.25. The average molecular weight is 367 g/mol. The zero-order chi connectivity index (χ0) is 18.4. The summed E-state index contributed by atoms with van der Waals surface area (Å²) in [4.78, 5) is 24.7. The monoisotopic (exact) mass is 367 g/mol. The Balaban J connectivity index is 1.58. The predicted molar refractivity (Wildman–Crippen MR) is 101 cm³/mol. The molecule has 2 aromatic heterocycles. The first-order chi connectivity index (χ1) is 12.6. The molecule has 0 aliphatic rings. The van der Waals surface area contributed by atoms with E-state index in [1.54, 1.807) is 16.8 Å². The van der Waals surface area contributed by atoms with Crippen molar-refractivity contribution in [3.05, 3.63) is 70.6 Å². The van der Waals surface area contributed by atoms with E-state index in [0.29, 0.717) is 5.82 Å². The molecule has 1 aromatic carbocycles. The number of aryl methyl sites for hydroxylation is 1. The Morgan fingerprint density at radius 2 is 2.04 bits per heavy atom. The number of rotatable bonds is 6. The first-order valence-electron chi connectivity index (χ1n) is 7.92. The van der Waals surface area contributed by atoms with Gasteiger partial charge in [0, 0.05) is 17.0 Å². The second-order valence-corrected chi connectivity index (χ2v) is 6.40. The van der Waals surface area contributed by atoms with Crippen LogP contribution in [0.15, 0.2) is 60.0 Å². The Morgan fingerprint density at radius 1 is 1.23 bits per heavy atom. The van der Waals surface area contributed by atoms with Crippen molar-refractivity contribution in [2.75, 3.05) is 11.9 Å². The summed E-state index contributed by atoms with van der Waals surface area (Å²) < 4.78 is 6.59. The van der Waals surface area contributed by atoms with Gasteiger partial charge in [-0.25, -0.2) is 9.48 Å². The number of ether oxygens (including phenoxy) is 1. The van der Waals surface area contributed by atoms with Crippen molar-refractivity contribution >= 4 is 35.1 Å². The Hall–Kier alpha value is -3.19. The second-order valence-electron chi connectivity index (χ2n) is 5.42. The van der Waals surface area contributed by atoms with Crippen LogP contribution in [0.5, 0.6) is 0 Å². The van der Waals surface area contributed by atoms with Gasteiger partial charge in [0.15, 0.2) is 6.61 Å². The molecule has 1 amide bonds. The summed E-state index contributed by atoms with van der Waals surface area (Å²) in [6.07, 6.45) is 2.95. The van der Waals surface area contributed by atoms with E-state index in [1.807, 2.05) is 54.8 Å².